The van der Waals surface area contributed by atoms with E-state index in [0.29, 0.717) is 46.6 Å². The van der Waals surface area contributed by atoms with Gasteiger partial charge in [0.1, 0.15) is 17.7 Å². The first kappa shape index (κ1) is 28.3. The van der Waals surface area contributed by atoms with E-state index in [4.69, 9.17) is 23.2 Å². The van der Waals surface area contributed by atoms with E-state index in [0.717, 1.165) is 11.1 Å². The van der Waals surface area contributed by atoms with Crippen molar-refractivity contribution in [2.45, 2.75) is 39.4 Å². The van der Waals surface area contributed by atoms with Crippen molar-refractivity contribution in [3.05, 3.63) is 106 Å². The fraction of sp³-hybridized carbons (Fsp3) is 0.233. The topological polar surface area (TPSA) is 78.9 Å². The number of nitrogens with one attached hydrogen (secondary N) is 3. The van der Waals surface area contributed by atoms with Crippen LogP contribution >= 0.6 is 23.2 Å². The summed E-state index contributed by atoms with van der Waals surface area (Å²) < 4.78 is 14.7. The van der Waals surface area contributed by atoms with E-state index in [9.17, 15) is 9.18 Å². The van der Waals surface area contributed by atoms with Gasteiger partial charge < -0.3 is 16.0 Å². The van der Waals surface area contributed by atoms with Gasteiger partial charge in [0.2, 0.25) is 11.9 Å². The third-order valence-corrected chi connectivity index (χ3v) is 6.43. The van der Waals surface area contributed by atoms with Crippen LogP contribution in [0.5, 0.6) is 0 Å². The van der Waals surface area contributed by atoms with Crippen LogP contribution in [0.25, 0.3) is 11.3 Å². The lowest BCUT2D eigenvalue weighted by molar-refractivity contribution is -0.122. The average Bonchev–Trinajstić information content (AvgIpc) is 2.91. The van der Waals surface area contributed by atoms with Gasteiger partial charge in [-0.15, -0.1) is 0 Å². The molecule has 0 aliphatic heterocycles. The largest absolute Gasteiger partial charge is 0.366 e. The van der Waals surface area contributed by atoms with Crippen molar-refractivity contribution < 1.29 is 9.18 Å². The van der Waals surface area contributed by atoms with Gasteiger partial charge in [0.25, 0.3) is 0 Å². The maximum absolute atomic E-state index is 14.7. The van der Waals surface area contributed by atoms with Crippen molar-refractivity contribution in [3.63, 3.8) is 0 Å². The molecule has 0 saturated heterocycles. The van der Waals surface area contributed by atoms with Crippen molar-refractivity contribution in [2.75, 3.05) is 10.6 Å². The third kappa shape index (κ3) is 8.40. The fourth-order valence-corrected chi connectivity index (χ4v) is 4.36. The predicted molar refractivity (Wildman–Crippen MR) is 156 cm³/mol. The summed E-state index contributed by atoms with van der Waals surface area (Å²) in [6.07, 6.45) is 0.547. The van der Waals surface area contributed by atoms with Gasteiger partial charge in [-0.1, -0.05) is 73.4 Å². The molecule has 3 N–H and O–H groups in total. The summed E-state index contributed by atoms with van der Waals surface area (Å²) >= 11 is 12.1. The molecule has 6 nitrogen and oxygen atoms in total. The zero-order valence-corrected chi connectivity index (χ0v) is 23.2. The normalized spacial score (nSPS) is 11.7. The zero-order chi connectivity index (χ0) is 27.8. The maximum atomic E-state index is 14.7. The summed E-state index contributed by atoms with van der Waals surface area (Å²) in [6.45, 7) is 4.88. The van der Waals surface area contributed by atoms with Crippen LogP contribution in [0.15, 0.2) is 78.9 Å². The van der Waals surface area contributed by atoms with Crippen molar-refractivity contribution in [2.24, 2.45) is 5.92 Å². The van der Waals surface area contributed by atoms with Crippen LogP contribution in [0.4, 0.5) is 16.2 Å². The van der Waals surface area contributed by atoms with Gasteiger partial charge in [-0.25, -0.2) is 9.37 Å². The Balaban J connectivity index is 1.58. The molecular weight excluding hydrogens is 536 g/mol. The van der Waals surface area contributed by atoms with Crippen molar-refractivity contribution in [1.82, 2.24) is 15.3 Å². The summed E-state index contributed by atoms with van der Waals surface area (Å²) in [5, 5.41) is 10.7. The van der Waals surface area contributed by atoms with Gasteiger partial charge in [-0.05, 0) is 59.9 Å². The van der Waals surface area contributed by atoms with E-state index in [1.807, 2.05) is 44.2 Å². The second-order valence-corrected chi connectivity index (χ2v) is 10.5. The summed E-state index contributed by atoms with van der Waals surface area (Å²) in [4.78, 5) is 22.4. The number of aromatic nitrogens is 2. The van der Waals surface area contributed by atoms with Gasteiger partial charge >= 0.3 is 0 Å². The predicted octanol–water partition coefficient (Wildman–Crippen LogP) is 7.34. The highest BCUT2D eigenvalue weighted by molar-refractivity contribution is 6.30. The number of carbonyl (C=O) groups excluding carboxylic acids is 1. The van der Waals surface area contributed by atoms with E-state index >= 15 is 0 Å². The molecule has 202 valence electrons. The molecule has 0 unspecified atom stereocenters. The summed E-state index contributed by atoms with van der Waals surface area (Å²) in [5.74, 6) is 0.334. The molecule has 0 saturated carbocycles. The van der Waals surface area contributed by atoms with Gasteiger partial charge in [0.05, 0.1) is 5.69 Å². The molecular formula is C30H30Cl2FN5O. The smallest absolute Gasteiger partial charge is 0.242 e. The number of hydrogen-bond acceptors (Lipinski definition) is 5. The Bertz CT molecular complexity index is 1410. The minimum Gasteiger partial charge on any atom is -0.366 e. The van der Waals surface area contributed by atoms with Crippen LogP contribution in [-0.4, -0.2) is 21.9 Å². The number of benzene rings is 3. The molecule has 0 spiro atoms. The second-order valence-electron chi connectivity index (χ2n) is 9.60. The molecule has 0 bridgehead atoms. The number of hydrogen-bond donors (Lipinski definition) is 3. The maximum Gasteiger partial charge on any atom is 0.242 e. The standard InChI is InChI=1S/C30H30Cl2FN5O/c1-19(2)14-27(29(39)35-17-20-10-12-22(31)13-11-20)37-30-36-26(24-8-3-4-9-25(24)33)16-28(38-30)34-18-21-6-5-7-23(32)15-21/h3-13,15-16,19,27H,14,17-18H2,1-2H3,(H,35,39)(H2,34,36,37,38)/t27-/m1/s1. The Morgan fingerprint density at radius 2 is 1.64 bits per heavy atom. The number of anilines is 2. The fourth-order valence-electron chi connectivity index (χ4n) is 4.02. The summed E-state index contributed by atoms with van der Waals surface area (Å²) in [7, 11) is 0. The van der Waals surface area contributed by atoms with Crippen LogP contribution in [0, 0.1) is 11.7 Å². The van der Waals surface area contributed by atoms with Gasteiger partial charge in [-0.3, -0.25) is 4.79 Å². The van der Waals surface area contributed by atoms with Crippen molar-refractivity contribution in [1.29, 1.82) is 0 Å². The molecule has 0 radical (unpaired) electrons. The molecule has 0 aliphatic rings. The van der Waals surface area contributed by atoms with Crippen LogP contribution in [0.2, 0.25) is 10.0 Å². The van der Waals surface area contributed by atoms with E-state index in [2.05, 4.69) is 25.9 Å². The Labute approximate surface area is 238 Å². The van der Waals surface area contributed by atoms with Crippen LogP contribution < -0.4 is 16.0 Å². The zero-order valence-electron chi connectivity index (χ0n) is 21.7. The lowest BCUT2D eigenvalue weighted by Crippen LogP contribution is -2.40. The Hall–Kier alpha value is -3.68. The Morgan fingerprint density at radius 1 is 0.872 bits per heavy atom. The minimum absolute atomic E-state index is 0.188. The first-order valence-electron chi connectivity index (χ1n) is 12.7. The monoisotopic (exact) mass is 565 g/mol. The molecule has 9 heteroatoms. The van der Waals surface area contributed by atoms with Gasteiger partial charge in [0.15, 0.2) is 0 Å². The molecule has 1 atom stereocenters. The number of rotatable bonds is 11. The SMILES string of the molecule is CC(C)C[C@@H](Nc1nc(NCc2cccc(Cl)c2)cc(-c2ccccc2F)n1)C(=O)NCc1ccc(Cl)cc1. The Morgan fingerprint density at radius 3 is 2.36 bits per heavy atom. The number of carbonyl (C=O) groups is 1. The number of amides is 1. The molecule has 0 aliphatic carbocycles. The van der Waals surface area contributed by atoms with E-state index in [1.54, 1.807) is 42.5 Å². The lowest BCUT2D eigenvalue weighted by atomic mass is 10.0. The number of nitrogens with zero attached hydrogens (tertiary/aromatic N) is 2. The van der Waals surface area contributed by atoms with Crippen molar-refractivity contribution >= 4 is 40.9 Å². The first-order chi connectivity index (χ1) is 18.8. The first-order valence-corrected chi connectivity index (χ1v) is 13.4. The van der Waals surface area contributed by atoms with Crippen LogP contribution in [0.1, 0.15) is 31.4 Å². The van der Waals surface area contributed by atoms with E-state index in [1.165, 1.54) is 6.07 Å². The third-order valence-electron chi connectivity index (χ3n) is 5.95. The second kappa shape index (κ2) is 13.4. The molecule has 3 aromatic carbocycles. The molecule has 4 aromatic rings. The molecule has 1 amide bonds. The highest BCUT2D eigenvalue weighted by atomic mass is 35.5. The molecule has 1 heterocycles. The molecule has 39 heavy (non-hydrogen) atoms. The highest BCUT2D eigenvalue weighted by Crippen LogP contribution is 2.25. The highest BCUT2D eigenvalue weighted by Gasteiger charge is 2.22. The van der Waals surface area contributed by atoms with E-state index in [-0.39, 0.29) is 17.8 Å². The summed E-state index contributed by atoms with van der Waals surface area (Å²) in [5.41, 5.74) is 2.62. The lowest BCUT2D eigenvalue weighted by Gasteiger charge is -2.21. The van der Waals surface area contributed by atoms with E-state index < -0.39 is 11.9 Å². The summed E-state index contributed by atoms with van der Waals surface area (Å²) in [6, 6.07) is 22.3. The molecule has 4 rings (SSSR count). The van der Waals surface area contributed by atoms with Gasteiger partial charge in [0, 0.05) is 34.8 Å². The molecule has 0 fully saturated rings. The van der Waals surface area contributed by atoms with Crippen molar-refractivity contribution in [3.8, 4) is 11.3 Å². The quantitative estimate of drug-likeness (QED) is 0.177. The van der Waals surface area contributed by atoms with Gasteiger partial charge in [-0.2, -0.15) is 4.98 Å². The van der Waals surface area contributed by atoms with Crippen LogP contribution in [-0.2, 0) is 17.9 Å². The Kier molecular flexibility index (Phi) is 9.74. The molecule has 1 aromatic heterocycles. The number of halogens is 3. The minimum atomic E-state index is -0.603. The average molecular weight is 567 g/mol. The van der Waals surface area contributed by atoms with Crippen LogP contribution in [0.3, 0.4) is 0 Å².